The number of hydrogen-bond donors (Lipinski definition) is 2. The smallest absolute Gasteiger partial charge is 0.317 e. The number of amides is 3. The standard InChI is InChI=1S/C12H18F3N3O2/c1-11(12(13,14)15)9(19)18(10(20)17-11)7-4-8-2-5-16-6-3-8/h8,16H,2-7H2,1H3,(H,17,20). The molecule has 0 aromatic rings. The van der Waals surface area contributed by atoms with Crippen molar-refractivity contribution in [1.29, 1.82) is 0 Å². The Morgan fingerprint density at radius 3 is 2.40 bits per heavy atom. The molecule has 20 heavy (non-hydrogen) atoms. The second kappa shape index (κ2) is 5.23. The van der Waals surface area contributed by atoms with E-state index in [4.69, 9.17) is 0 Å². The van der Waals surface area contributed by atoms with E-state index in [2.05, 4.69) is 5.32 Å². The van der Waals surface area contributed by atoms with Gasteiger partial charge in [-0.1, -0.05) is 0 Å². The molecule has 0 radical (unpaired) electrons. The molecular formula is C12H18F3N3O2. The van der Waals surface area contributed by atoms with E-state index in [0.29, 0.717) is 24.2 Å². The van der Waals surface area contributed by atoms with Gasteiger partial charge in [0.05, 0.1) is 0 Å². The molecule has 8 heteroatoms. The van der Waals surface area contributed by atoms with E-state index in [1.807, 2.05) is 0 Å². The van der Waals surface area contributed by atoms with Gasteiger partial charge in [0.15, 0.2) is 0 Å². The highest BCUT2D eigenvalue weighted by atomic mass is 19.4. The number of rotatable bonds is 3. The summed E-state index contributed by atoms with van der Waals surface area (Å²) in [7, 11) is 0. The van der Waals surface area contributed by atoms with Gasteiger partial charge in [-0.3, -0.25) is 9.69 Å². The number of carbonyl (C=O) groups excluding carboxylic acids is 2. The molecule has 2 rings (SSSR count). The Bertz CT molecular complexity index is 407. The van der Waals surface area contributed by atoms with Gasteiger partial charge in [-0.05, 0) is 45.2 Å². The number of halogens is 3. The lowest BCUT2D eigenvalue weighted by Crippen LogP contribution is -2.56. The Morgan fingerprint density at radius 2 is 1.90 bits per heavy atom. The van der Waals surface area contributed by atoms with Crippen LogP contribution in [0.5, 0.6) is 0 Å². The number of nitrogens with zero attached hydrogens (tertiary/aromatic N) is 1. The molecule has 2 N–H and O–H groups in total. The van der Waals surface area contributed by atoms with Crippen LogP contribution in [0.3, 0.4) is 0 Å². The van der Waals surface area contributed by atoms with Gasteiger partial charge < -0.3 is 10.6 Å². The van der Waals surface area contributed by atoms with Crippen molar-refractivity contribution < 1.29 is 22.8 Å². The first-order chi connectivity index (χ1) is 9.25. The first-order valence-electron chi connectivity index (χ1n) is 6.67. The van der Waals surface area contributed by atoms with E-state index < -0.39 is 23.7 Å². The van der Waals surface area contributed by atoms with E-state index in [1.165, 1.54) is 0 Å². The fraction of sp³-hybridized carbons (Fsp3) is 0.833. The average Bonchev–Trinajstić information content (AvgIpc) is 2.60. The lowest BCUT2D eigenvalue weighted by Gasteiger charge is -2.26. The van der Waals surface area contributed by atoms with Gasteiger partial charge in [-0.15, -0.1) is 0 Å². The van der Waals surface area contributed by atoms with Gasteiger partial charge in [-0.2, -0.15) is 13.2 Å². The Morgan fingerprint density at radius 1 is 1.30 bits per heavy atom. The summed E-state index contributed by atoms with van der Waals surface area (Å²) < 4.78 is 38.6. The Labute approximate surface area is 114 Å². The highest BCUT2D eigenvalue weighted by molar-refractivity contribution is 6.07. The van der Waals surface area contributed by atoms with Crippen molar-refractivity contribution >= 4 is 11.9 Å². The van der Waals surface area contributed by atoms with E-state index in [9.17, 15) is 22.8 Å². The molecule has 2 saturated heterocycles. The molecule has 0 bridgehead atoms. The Hall–Kier alpha value is -1.31. The summed E-state index contributed by atoms with van der Waals surface area (Å²) in [5.41, 5.74) is -2.79. The summed E-state index contributed by atoms with van der Waals surface area (Å²) >= 11 is 0. The molecule has 0 aromatic carbocycles. The van der Waals surface area contributed by atoms with E-state index in [-0.39, 0.29) is 6.54 Å². The number of nitrogens with one attached hydrogen (secondary N) is 2. The second-order valence-electron chi connectivity index (χ2n) is 5.49. The number of hydrogen-bond acceptors (Lipinski definition) is 3. The van der Waals surface area contributed by atoms with Crippen LogP contribution in [0.4, 0.5) is 18.0 Å². The molecule has 5 nitrogen and oxygen atoms in total. The van der Waals surface area contributed by atoms with Crippen molar-refractivity contribution in [3.05, 3.63) is 0 Å². The molecule has 3 amide bonds. The summed E-state index contributed by atoms with van der Waals surface area (Å²) in [5.74, 6) is -0.862. The molecule has 2 aliphatic heterocycles. The number of imide groups is 1. The maximum absolute atomic E-state index is 12.9. The van der Waals surface area contributed by atoms with Crippen LogP contribution in [0.25, 0.3) is 0 Å². The van der Waals surface area contributed by atoms with E-state index in [1.54, 1.807) is 5.32 Å². The molecule has 0 saturated carbocycles. The maximum atomic E-state index is 12.9. The molecule has 2 aliphatic rings. The van der Waals surface area contributed by atoms with Crippen molar-refractivity contribution in [3.63, 3.8) is 0 Å². The van der Waals surface area contributed by atoms with Crippen LogP contribution in [0.1, 0.15) is 26.2 Å². The van der Waals surface area contributed by atoms with Crippen LogP contribution in [0.2, 0.25) is 0 Å². The minimum atomic E-state index is -4.79. The zero-order valence-electron chi connectivity index (χ0n) is 11.2. The fourth-order valence-corrected chi connectivity index (χ4v) is 2.57. The number of urea groups is 1. The molecule has 1 atom stereocenters. The third-order valence-corrected chi connectivity index (χ3v) is 4.06. The SMILES string of the molecule is CC1(C(F)(F)F)NC(=O)N(CCC2CCNCC2)C1=O. The topological polar surface area (TPSA) is 61.4 Å². The normalized spacial score (nSPS) is 28.9. The number of piperidine rings is 1. The quantitative estimate of drug-likeness (QED) is 0.770. The zero-order valence-corrected chi connectivity index (χ0v) is 11.2. The van der Waals surface area contributed by atoms with Crippen LogP contribution in [0.15, 0.2) is 0 Å². The van der Waals surface area contributed by atoms with Crippen LogP contribution in [-0.2, 0) is 4.79 Å². The van der Waals surface area contributed by atoms with Gasteiger partial charge in [-0.25, -0.2) is 4.79 Å². The van der Waals surface area contributed by atoms with Gasteiger partial charge in [0.1, 0.15) is 0 Å². The molecule has 1 unspecified atom stereocenters. The van der Waals surface area contributed by atoms with Crippen molar-refractivity contribution in [2.24, 2.45) is 5.92 Å². The van der Waals surface area contributed by atoms with Crippen LogP contribution in [0, 0.1) is 5.92 Å². The van der Waals surface area contributed by atoms with Gasteiger partial charge in [0.2, 0.25) is 5.54 Å². The van der Waals surface area contributed by atoms with Gasteiger partial charge in [0.25, 0.3) is 5.91 Å². The van der Waals surface area contributed by atoms with Gasteiger partial charge in [0, 0.05) is 6.54 Å². The second-order valence-corrected chi connectivity index (χ2v) is 5.49. The largest absolute Gasteiger partial charge is 0.420 e. The first kappa shape index (κ1) is 15.1. The van der Waals surface area contributed by atoms with E-state index in [0.717, 1.165) is 25.9 Å². The predicted octanol–water partition coefficient (Wildman–Crippen LogP) is 1.25. The molecule has 2 fully saturated rings. The summed E-state index contributed by atoms with van der Waals surface area (Å²) in [5, 5.41) is 4.94. The third kappa shape index (κ3) is 2.61. The van der Waals surface area contributed by atoms with Crippen LogP contribution < -0.4 is 10.6 Å². The predicted molar refractivity (Wildman–Crippen MR) is 64.9 cm³/mol. The molecule has 2 heterocycles. The molecular weight excluding hydrogens is 275 g/mol. The minimum Gasteiger partial charge on any atom is -0.317 e. The van der Waals surface area contributed by atoms with Crippen molar-refractivity contribution in [2.75, 3.05) is 19.6 Å². The van der Waals surface area contributed by atoms with Crippen LogP contribution >= 0.6 is 0 Å². The summed E-state index contributed by atoms with van der Waals surface area (Å²) in [4.78, 5) is 24.2. The van der Waals surface area contributed by atoms with Gasteiger partial charge >= 0.3 is 12.2 Å². The average molecular weight is 293 g/mol. The highest BCUT2D eigenvalue weighted by Gasteiger charge is 2.64. The fourth-order valence-electron chi connectivity index (χ4n) is 2.57. The summed E-state index contributed by atoms with van der Waals surface area (Å²) in [6, 6.07) is -0.955. The lowest BCUT2D eigenvalue weighted by molar-refractivity contribution is -0.191. The van der Waals surface area contributed by atoms with Crippen molar-refractivity contribution in [2.45, 2.75) is 37.9 Å². The monoisotopic (exact) mass is 293 g/mol. The Balaban J connectivity index is 1.98. The molecule has 0 spiro atoms. The third-order valence-electron chi connectivity index (χ3n) is 4.06. The summed E-state index contributed by atoms with van der Waals surface area (Å²) in [6.07, 6.45) is -2.40. The minimum absolute atomic E-state index is 0.0427. The highest BCUT2D eigenvalue weighted by Crippen LogP contribution is 2.35. The van der Waals surface area contributed by atoms with E-state index >= 15 is 0 Å². The van der Waals surface area contributed by atoms with Crippen molar-refractivity contribution in [1.82, 2.24) is 15.5 Å². The first-order valence-corrected chi connectivity index (χ1v) is 6.67. The zero-order chi connectivity index (χ0) is 15.0. The lowest BCUT2D eigenvalue weighted by atomic mass is 9.94. The molecule has 114 valence electrons. The number of carbonyl (C=O) groups is 2. The van der Waals surface area contributed by atoms with Crippen molar-refractivity contribution in [3.8, 4) is 0 Å². The summed E-state index contributed by atoms with van der Waals surface area (Å²) in [6.45, 7) is 2.48. The molecule has 0 aromatic heterocycles. The molecule has 0 aliphatic carbocycles. The Kier molecular flexibility index (Phi) is 3.95. The number of alkyl halides is 3. The van der Waals surface area contributed by atoms with Crippen LogP contribution in [-0.4, -0.2) is 48.2 Å². The maximum Gasteiger partial charge on any atom is 0.420 e.